The van der Waals surface area contributed by atoms with Crippen LogP contribution in [-0.2, 0) is 14.3 Å². The lowest BCUT2D eigenvalue weighted by Gasteiger charge is -2.31. The van der Waals surface area contributed by atoms with Gasteiger partial charge in [-0.3, -0.25) is 4.18 Å². The van der Waals surface area contributed by atoms with Gasteiger partial charge in [0.1, 0.15) is 8.07 Å². The Morgan fingerprint density at radius 2 is 1.57 bits per heavy atom. The molecule has 3 nitrogen and oxygen atoms in total. The Bertz CT molecular complexity index is 738. The van der Waals surface area contributed by atoms with Crippen molar-refractivity contribution in [2.75, 3.05) is 0 Å². The standard InChI is InChI=1S/C18H24O3SSi/c1-5-18(23(3,4)17-9-7-6-8-10-17)21-22(19,20)16-13-11-15(2)12-14-16/h6-14,18H,5H2,1-4H3. The Morgan fingerprint density at radius 3 is 2.09 bits per heavy atom. The van der Waals surface area contributed by atoms with Crippen molar-refractivity contribution in [3.8, 4) is 0 Å². The lowest BCUT2D eigenvalue weighted by molar-refractivity contribution is 0.271. The molecule has 0 amide bonds. The first-order valence-corrected chi connectivity index (χ1v) is 12.3. The summed E-state index contributed by atoms with van der Waals surface area (Å²) in [6, 6.07) is 16.9. The highest BCUT2D eigenvalue weighted by atomic mass is 32.2. The summed E-state index contributed by atoms with van der Waals surface area (Å²) < 4.78 is 30.8. The average Bonchev–Trinajstić information content (AvgIpc) is 2.53. The Morgan fingerprint density at radius 1 is 1.00 bits per heavy atom. The third kappa shape index (κ3) is 4.10. The van der Waals surface area contributed by atoms with E-state index in [9.17, 15) is 8.42 Å². The summed E-state index contributed by atoms with van der Waals surface area (Å²) in [6.07, 6.45) is 0.666. The van der Waals surface area contributed by atoms with Crippen LogP contribution in [0.1, 0.15) is 18.9 Å². The summed E-state index contributed by atoms with van der Waals surface area (Å²) in [5.41, 5.74) is 0.728. The van der Waals surface area contributed by atoms with E-state index in [1.807, 2.05) is 32.0 Å². The van der Waals surface area contributed by atoms with E-state index in [0.717, 1.165) is 5.56 Å². The van der Waals surface area contributed by atoms with Gasteiger partial charge in [-0.15, -0.1) is 0 Å². The van der Waals surface area contributed by atoms with Gasteiger partial charge in [0.25, 0.3) is 10.1 Å². The van der Waals surface area contributed by atoms with Crippen LogP contribution in [0.3, 0.4) is 0 Å². The van der Waals surface area contributed by atoms with Crippen LogP contribution in [0.2, 0.25) is 13.1 Å². The first-order valence-electron chi connectivity index (χ1n) is 7.83. The minimum atomic E-state index is -3.74. The van der Waals surface area contributed by atoms with E-state index in [2.05, 4.69) is 25.2 Å². The van der Waals surface area contributed by atoms with E-state index < -0.39 is 18.2 Å². The van der Waals surface area contributed by atoms with Gasteiger partial charge < -0.3 is 0 Å². The maximum absolute atomic E-state index is 12.6. The average molecular weight is 349 g/mol. The van der Waals surface area contributed by atoms with E-state index >= 15 is 0 Å². The fourth-order valence-electron chi connectivity index (χ4n) is 2.67. The van der Waals surface area contributed by atoms with Gasteiger partial charge in [0.2, 0.25) is 0 Å². The lowest BCUT2D eigenvalue weighted by atomic mass is 10.2. The Hall–Kier alpha value is -1.43. The molecule has 2 rings (SSSR count). The molecular weight excluding hydrogens is 324 g/mol. The van der Waals surface area contributed by atoms with E-state index in [0.29, 0.717) is 6.42 Å². The quantitative estimate of drug-likeness (QED) is 0.591. The molecule has 0 aliphatic heterocycles. The smallest absolute Gasteiger partial charge is 0.266 e. The fourth-order valence-corrected chi connectivity index (χ4v) is 7.47. The molecule has 2 aromatic carbocycles. The van der Waals surface area contributed by atoms with Crippen LogP contribution in [0, 0.1) is 6.92 Å². The van der Waals surface area contributed by atoms with Crippen molar-refractivity contribution in [3.63, 3.8) is 0 Å². The molecule has 0 saturated carbocycles. The summed E-state index contributed by atoms with van der Waals surface area (Å²) in [7, 11) is -5.81. The van der Waals surface area contributed by atoms with Crippen LogP contribution in [0.4, 0.5) is 0 Å². The van der Waals surface area contributed by atoms with Crippen LogP contribution in [-0.4, -0.2) is 22.2 Å². The maximum Gasteiger partial charge on any atom is 0.296 e. The second-order valence-electron chi connectivity index (χ2n) is 6.35. The third-order valence-corrected chi connectivity index (χ3v) is 9.71. The van der Waals surface area contributed by atoms with Crippen molar-refractivity contribution in [2.24, 2.45) is 0 Å². The minimum absolute atomic E-state index is 0.222. The monoisotopic (exact) mass is 348 g/mol. The van der Waals surface area contributed by atoms with Crippen molar-refractivity contribution in [2.45, 2.75) is 44.0 Å². The van der Waals surface area contributed by atoms with Crippen LogP contribution in [0.5, 0.6) is 0 Å². The summed E-state index contributed by atoms with van der Waals surface area (Å²) in [5.74, 6) is 0. The lowest BCUT2D eigenvalue weighted by Crippen LogP contribution is -2.54. The van der Waals surface area contributed by atoms with E-state index in [-0.39, 0.29) is 10.6 Å². The molecule has 124 valence electrons. The molecule has 0 bridgehead atoms. The molecule has 0 saturated heterocycles. The largest absolute Gasteiger partial charge is 0.296 e. The number of benzene rings is 2. The van der Waals surface area contributed by atoms with Crippen LogP contribution < -0.4 is 5.19 Å². The molecular formula is C18H24O3SSi. The Kier molecular flexibility index (Phi) is 5.44. The zero-order chi connectivity index (χ0) is 17.1. The first-order chi connectivity index (χ1) is 10.8. The molecule has 5 heteroatoms. The van der Waals surface area contributed by atoms with Crippen molar-refractivity contribution in [1.29, 1.82) is 0 Å². The topological polar surface area (TPSA) is 43.4 Å². The Balaban J connectivity index is 2.30. The molecule has 0 aliphatic rings. The highest BCUT2D eigenvalue weighted by Crippen LogP contribution is 2.22. The van der Waals surface area contributed by atoms with E-state index in [1.165, 1.54) is 5.19 Å². The van der Waals surface area contributed by atoms with Gasteiger partial charge in [-0.2, -0.15) is 8.42 Å². The minimum Gasteiger partial charge on any atom is -0.266 e. The number of aryl methyl sites for hydroxylation is 1. The second-order valence-corrected chi connectivity index (χ2v) is 12.6. The SMILES string of the molecule is CCC(OS(=O)(=O)c1ccc(C)cc1)[Si](C)(C)c1ccccc1. The van der Waals surface area contributed by atoms with Gasteiger partial charge in [0.05, 0.1) is 10.6 Å². The van der Waals surface area contributed by atoms with Crippen molar-refractivity contribution < 1.29 is 12.6 Å². The molecule has 1 unspecified atom stereocenters. The predicted octanol–water partition coefficient (Wildman–Crippen LogP) is 3.63. The second kappa shape index (κ2) is 6.99. The van der Waals surface area contributed by atoms with Gasteiger partial charge in [-0.25, -0.2) is 0 Å². The van der Waals surface area contributed by atoms with Crippen LogP contribution in [0.25, 0.3) is 0 Å². The van der Waals surface area contributed by atoms with Crippen molar-refractivity contribution >= 4 is 23.4 Å². The molecule has 0 spiro atoms. The molecule has 23 heavy (non-hydrogen) atoms. The maximum atomic E-state index is 12.6. The molecule has 0 fully saturated rings. The molecule has 0 N–H and O–H groups in total. The summed E-state index contributed by atoms with van der Waals surface area (Å²) in [4.78, 5) is 0.222. The molecule has 0 aromatic heterocycles. The van der Waals surface area contributed by atoms with Crippen molar-refractivity contribution in [3.05, 3.63) is 60.2 Å². The zero-order valence-electron chi connectivity index (χ0n) is 14.1. The number of hydrogen-bond acceptors (Lipinski definition) is 3. The van der Waals surface area contributed by atoms with Crippen LogP contribution in [0.15, 0.2) is 59.5 Å². The van der Waals surface area contributed by atoms with Crippen molar-refractivity contribution in [1.82, 2.24) is 0 Å². The van der Waals surface area contributed by atoms with Gasteiger partial charge in [-0.05, 0) is 25.5 Å². The van der Waals surface area contributed by atoms with Gasteiger partial charge in [0, 0.05) is 0 Å². The summed E-state index contributed by atoms with van der Waals surface area (Å²) >= 11 is 0. The summed E-state index contributed by atoms with van der Waals surface area (Å²) in [6.45, 7) is 8.22. The molecule has 0 radical (unpaired) electrons. The fraction of sp³-hybridized carbons (Fsp3) is 0.333. The van der Waals surface area contributed by atoms with E-state index in [1.54, 1.807) is 24.3 Å². The normalized spacial score (nSPS) is 13.7. The highest BCUT2D eigenvalue weighted by Gasteiger charge is 2.37. The Labute approximate surface area is 140 Å². The molecule has 2 aromatic rings. The van der Waals surface area contributed by atoms with Gasteiger partial charge in [0.15, 0.2) is 0 Å². The van der Waals surface area contributed by atoms with Crippen LogP contribution >= 0.6 is 0 Å². The molecule has 0 aliphatic carbocycles. The first kappa shape index (κ1) is 17.9. The van der Waals surface area contributed by atoms with Gasteiger partial charge >= 0.3 is 0 Å². The third-order valence-electron chi connectivity index (χ3n) is 4.25. The molecule has 1 atom stereocenters. The summed E-state index contributed by atoms with van der Waals surface area (Å²) in [5, 5.41) is 1.20. The van der Waals surface area contributed by atoms with Gasteiger partial charge in [-0.1, -0.05) is 73.2 Å². The van der Waals surface area contributed by atoms with E-state index in [4.69, 9.17) is 4.18 Å². The molecule has 0 heterocycles. The number of hydrogen-bond donors (Lipinski definition) is 0. The zero-order valence-corrected chi connectivity index (χ0v) is 15.9. The highest BCUT2D eigenvalue weighted by molar-refractivity contribution is 7.86. The predicted molar refractivity (Wildman–Crippen MR) is 97.1 cm³/mol. The number of rotatable bonds is 6.